The largest absolute Gasteiger partial charge is 0.506 e. The Morgan fingerprint density at radius 2 is 2.11 bits per heavy atom. The van der Waals surface area contributed by atoms with Gasteiger partial charge >= 0.3 is 10.2 Å². The molecule has 1 saturated heterocycles. The van der Waals surface area contributed by atoms with Crippen molar-refractivity contribution in [1.82, 2.24) is 0 Å². The smallest absolute Gasteiger partial charge is 0.307 e. The first kappa shape index (κ1) is 13.1. The Morgan fingerprint density at radius 1 is 1.44 bits per heavy atom. The summed E-state index contributed by atoms with van der Waals surface area (Å²) in [4.78, 5) is 12.7. The van der Waals surface area contributed by atoms with Crippen LogP contribution < -0.4 is 4.90 Å². The summed E-state index contributed by atoms with van der Waals surface area (Å²) < 4.78 is 34.3. The van der Waals surface area contributed by atoms with Gasteiger partial charge in [0.15, 0.2) is 0 Å². The first-order chi connectivity index (χ1) is 8.29. The van der Waals surface area contributed by atoms with Gasteiger partial charge in [0.05, 0.1) is 5.02 Å². The Kier molecular flexibility index (Phi) is 3.20. The quantitative estimate of drug-likeness (QED) is 0.838. The normalized spacial score (nSPS) is 20.4. The molecular formula is C10H9ClFNO4S. The molecule has 1 N–H and O–H groups in total. The van der Waals surface area contributed by atoms with Gasteiger partial charge in [-0.1, -0.05) is 11.6 Å². The van der Waals surface area contributed by atoms with Crippen LogP contribution in [0.5, 0.6) is 5.75 Å². The van der Waals surface area contributed by atoms with E-state index < -0.39 is 27.8 Å². The van der Waals surface area contributed by atoms with Crippen molar-refractivity contribution >= 4 is 33.4 Å². The van der Waals surface area contributed by atoms with Crippen LogP contribution in [0.25, 0.3) is 0 Å². The number of phenolic OH excluding ortho intramolecular Hbond substituents is 1. The highest BCUT2D eigenvalue weighted by atomic mass is 35.5. The molecule has 1 aromatic carbocycles. The van der Waals surface area contributed by atoms with Crippen molar-refractivity contribution < 1.29 is 22.2 Å². The Hall–Kier alpha value is -1.34. The van der Waals surface area contributed by atoms with E-state index in [1.807, 2.05) is 0 Å². The fourth-order valence-corrected chi connectivity index (χ4v) is 2.57. The third kappa shape index (κ3) is 2.41. The summed E-state index contributed by atoms with van der Waals surface area (Å²) in [6.45, 7) is -0.265. The molecule has 0 saturated carbocycles. The van der Waals surface area contributed by atoms with E-state index in [-0.39, 0.29) is 23.0 Å². The van der Waals surface area contributed by atoms with Gasteiger partial charge in [0.25, 0.3) is 0 Å². The fourth-order valence-electron chi connectivity index (χ4n) is 1.78. The van der Waals surface area contributed by atoms with Gasteiger partial charge in [-0.2, -0.15) is 8.42 Å². The molecule has 0 aliphatic carbocycles. The van der Waals surface area contributed by atoms with E-state index in [0.29, 0.717) is 0 Å². The number of carbonyl (C=O) groups is 1. The highest BCUT2D eigenvalue weighted by Crippen LogP contribution is 2.31. The van der Waals surface area contributed by atoms with E-state index in [4.69, 9.17) is 11.6 Å². The van der Waals surface area contributed by atoms with Gasteiger partial charge in [-0.3, -0.25) is 4.79 Å². The summed E-state index contributed by atoms with van der Waals surface area (Å²) in [7, 11) is -4.75. The number of hydrogen-bond acceptors (Lipinski definition) is 4. The molecule has 1 aromatic rings. The summed E-state index contributed by atoms with van der Waals surface area (Å²) in [6.07, 6.45) is -0.401. The van der Waals surface area contributed by atoms with Crippen molar-refractivity contribution in [3.8, 4) is 5.75 Å². The first-order valence-corrected chi connectivity index (χ1v) is 6.84. The van der Waals surface area contributed by atoms with E-state index in [2.05, 4.69) is 0 Å². The minimum Gasteiger partial charge on any atom is -0.506 e. The molecule has 1 heterocycles. The van der Waals surface area contributed by atoms with Crippen molar-refractivity contribution in [1.29, 1.82) is 0 Å². The van der Waals surface area contributed by atoms with Crippen LogP contribution in [0.15, 0.2) is 18.2 Å². The second-order valence-electron chi connectivity index (χ2n) is 3.94. The fraction of sp³-hybridized carbons (Fsp3) is 0.300. The molecule has 98 valence electrons. The zero-order valence-electron chi connectivity index (χ0n) is 9.01. The van der Waals surface area contributed by atoms with Crippen LogP contribution in [0.2, 0.25) is 5.02 Å². The number of phenols is 1. The summed E-state index contributed by atoms with van der Waals surface area (Å²) in [6, 6.07) is 4.05. The number of carbonyl (C=O) groups excluding carboxylic acids is 1. The molecule has 1 unspecified atom stereocenters. The lowest BCUT2D eigenvalue weighted by Gasteiger charge is -2.16. The molecule has 8 heteroatoms. The molecule has 1 fully saturated rings. The van der Waals surface area contributed by atoms with Crippen LogP contribution in [-0.2, 0) is 15.0 Å². The zero-order chi connectivity index (χ0) is 13.5. The number of halogens is 2. The van der Waals surface area contributed by atoms with Gasteiger partial charge in [0.1, 0.15) is 11.0 Å². The van der Waals surface area contributed by atoms with E-state index in [1.54, 1.807) is 0 Å². The molecule has 1 atom stereocenters. The number of rotatable bonds is 2. The number of aromatic hydroxyl groups is 1. The van der Waals surface area contributed by atoms with Gasteiger partial charge < -0.3 is 10.0 Å². The van der Waals surface area contributed by atoms with Crippen LogP contribution in [0.4, 0.5) is 9.57 Å². The Bertz CT molecular complexity index is 604. The number of hydrogen-bond donors (Lipinski definition) is 1. The molecule has 2 rings (SSSR count). The lowest BCUT2D eigenvalue weighted by Crippen LogP contribution is -2.26. The lowest BCUT2D eigenvalue weighted by molar-refractivity contribution is -0.117. The van der Waals surface area contributed by atoms with E-state index >= 15 is 0 Å². The summed E-state index contributed by atoms with van der Waals surface area (Å²) in [5.74, 6) is -0.739. The minimum absolute atomic E-state index is 0.111. The van der Waals surface area contributed by atoms with Crippen LogP contribution in [0.1, 0.15) is 6.42 Å². The van der Waals surface area contributed by atoms with Crippen LogP contribution in [0.3, 0.4) is 0 Å². The van der Waals surface area contributed by atoms with Crippen molar-refractivity contribution in [2.24, 2.45) is 0 Å². The lowest BCUT2D eigenvalue weighted by atomic mass is 10.3. The van der Waals surface area contributed by atoms with Gasteiger partial charge in [-0.15, -0.1) is 3.89 Å². The maximum Gasteiger partial charge on any atom is 0.307 e. The first-order valence-electron chi connectivity index (χ1n) is 5.01. The number of amides is 1. The standard InChI is InChI=1S/C10H9ClFNO4S/c11-8-2-1-6(3-9(8)14)13-5-7(4-10(13)15)18(12,16)17/h1-3,7,14H,4-5H2. The molecule has 0 spiro atoms. The third-order valence-electron chi connectivity index (χ3n) is 2.73. The predicted molar refractivity (Wildman–Crippen MR) is 63.9 cm³/mol. The highest BCUT2D eigenvalue weighted by Gasteiger charge is 2.39. The van der Waals surface area contributed by atoms with Crippen molar-refractivity contribution in [3.05, 3.63) is 23.2 Å². The minimum atomic E-state index is -4.75. The topological polar surface area (TPSA) is 74.7 Å². The summed E-state index contributed by atoms with van der Waals surface area (Å²) in [5, 5.41) is 8.16. The number of nitrogens with zero attached hydrogens (tertiary/aromatic N) is 1. The molecule has 1 amide bonds. The van der Waals surface area contributed by atoms with Crippen LogP contribution in [-0.4, -0.2) is 31.2 Å². The predicted octanol–water partition coefficient (Wildman–Crippen LogP) is 1.45. The van der Waals surface area contributed by atoms with E-state index in [1.165, 1.54) is 18.2 Å². The van der Waals surface area contributed by atoms with E-state index in [9.17, 15) is 22.2 Å². The van der Waals surface area contributed by atoms with Crippen LogP contribution >= 0.6 is 11.6 Å². The second-order valence-corrected chi connectivity index (χ2v) is 5.97. The maximum absolute atomic E-state index is 12.8. The van der Waals surface area contributed by atoms with Gasteiger partial charge in [-0.25, -0.2) is 0 Å². The number of benzene rings is 1. The Labute approximate surface area is 108 Å². The van der Waals surface area contributed by atoms with Gasteiger partial charge in [-0.05, 0) is 12.1 Å². The Balaban J connectivity index is 2.30. The molecule has 0 radical (unpaired) electrons. The molecule has 1 aliphatic rings. The average Bonchev–Trinajstić information content (AvgIpc) is 2.64. The molecule has 5 nitrogen and oxygen atoms in total. The highest BCUT2D eigenvalue weighted by molar-refractivity contribution is 7.87. The van der Waals surface area contributed by atoms with Gasteiger partial charge in [0, 0.05) is 24.7 Å². The molecular weight excluding hydrogens is 285 g/mol. The third-order valence-corrected chi connectivity index (χ3v) is 4.16. The van der Waals surface area contributed by atoms with Gasteiger partial charge in [0.2, 0.25) is 5.91 Å². The Morgan fingerprint density at radius 3 is 2.61 bits per heavy atom. The molecule has 0 aromatic heterocycles. The van der Waals surface area contributed by atoms with Crippen molar-refractivity contribution in [2.45, 2.75) is 11.7 Å². The molecule has 0 bridgehead atoms. The monoisotopic (exact) mass is 293 g/mol. The SMILES string of the molecule is O=C1CC(S(=O)(=O)F)CN1c1ccc(Cl)c(O)c1. The maximum atomic E-state index is 12.8. The number of anilines is 1. The van der Waals surface area contributed by atoms with Crippen molar-refractivity contribution in [3.63, 3.8) is 0 Å². The average molecular weight is 294 g/mol. The van der Waals surface area contributed by atoms with Crippen molar-refractivity contribution in [2.75, 3.05) is 11.4 Å². The zero-order valence-corrected chi connectivity index (χ0v) is 10.6. The molecule has 1 aliphatic heterocycles. The van der Waals surface area contributed by atoms with E-state index in [0.717, 1.165) is 4.90 Å². The summed E-state index contributed by atoms with van der Waals surface area (Å²) in [5.41, 5.74) is 0.285. The molecule has 18 heavy (non-hydrogen) atoms. The summed E-state index contributed by atoms with van der Waals surface area (Å²) >= 11 is 5.62. The second kappa shape index (κ2) is 4.40. The van der Waals surface area contributed by atoms with Crippen LogP contribution in [0, 0.1) is 0 Å².